The zero-order valence-corrected chi connectivity index (χ0v) is 11.2. The van der Waals surface area contributed by atoms with Gasteiger partial charge in [0, 0.05) is 0 Å². The summed E-state index contributed by atoms with van der Waals surface area (Å²) in [6.45, 7) is 3.61. The number of carbonyl (C=O) groups is 1. The Kier molecular flexibility index (Phi) is 4.50. The molecule has 0 heterocycles. The Balaban J connectivity index is 2.76. The number of esters is 1. The Labute approximate surface area is 105 Å². The molecule has 0 aromatic heterocycles. The normalized spacial score (nSPS) is 10.9. The van der Waals surface area contributed by atoms with Gasteiger partial charge in [0.2, 0.25) is 0 Å². The summed E-state index contributed by atoms with van der Waals surface area (Å²) in [6.07, 6.45) is 0. The van der Waals surface area contributed by atoms with E-state index in [9.17, 15) is 4.79 Å². The van der Waals surface area contributed by atoms with E-state index in [0.29, 0.717) is 4.20 Å². The van der Waals surface area contributed by atoms with E-state index < -0.39 is 4.75 Å². The maximum Gasteiger partial charge on any atom is 0.321 e. The van der Waals surface area contributed by atoms with Crippen LogP contribution < -0.4 is 0 Å². The summed E-state index contributed by atoms with van der Waals surface area (Å²) < 4.78 is 4.79. The molecule has 0 saturated heterocycles. The lowest BCUT2D eigenvalue weighted by Gasteiger charge is -2.20. The van der Waals surface area contributed by atoms with Crippen LogP contribution in [0.2, 0.25) is 0 Å². The van der Waals surface area contributed by atoms with E-state index >= 15 is 0 Å². The summed E-state index contributed by atoms with van der Waals surface area (Å²) in [4.78, 5) is 11.5. The molecule has 4 heteroatoms. The van der Waals surface area contributed by atoms with Crippen LogP contribution in [0.3, 0.4) is 0 Å². The van der Waals surface area contributed by atoms with E-state index in [-0.39, 0.29) is 5.97 Å². The molecule has 1 aromatic carbocycles. The number of carbonyl (C=O) groups excluding carboxylic acids is 1. The van der Waals surface area contributed by atoms with E-state index in [2.05, 4.69) is 0 Å². The molecule has 0 spiro atoms. The Bertz CT molecular complexity index is 385. The van der Waals surface area contributed by atoms with Crippen molar-refractivity contribution in [2.45, 2.75) is 18.6 Å². The van der Waals surface area contributed by atoms with Crippen molar-refractivity contribution >= 4 is 34.1 Å². The van der Waals surface area contributed by atoms with Gasteiger partial charge in [0.1, 0.15) is 4.75 Å². The van der Waals surface area contributed by atoms with Gasteiger partial charge in [-0.1, -0.05) is 54.3 Å². The molecule has 0 aliphatic heterocycles. The molecule has 0 amide bonds. The molecular weight excluding hydrogens is 240 g/mol. The average molecular weight is 254 g/mol. The fraction of sp³-hybridized carbons (Fsp3) is 0.333. The van der Waals surface area contributed by atoms with Gasteiger partial charge in [-0.05, 0) is 19.4 Å². The Morgan fingerprint density at radius 1 is 1.31 bits per heavy atom. The third-order valence-corrected chi connectivity index (χ3v) is 3.62. The molecule has 0 N–H and O–H groups in total. The lowest BCUT2D eigenvalue weighted by molar-refractivity contribution is -0.142. The Morgan fingerprint density at radius 3 is 2.38 bits per heavy atom. The van der Waals surface area contributed by atoms with E-state index in [0.717, 1.165) is 5.56 Å². The second-order valence-electron chi connectivity index (χ2n) is 3.76. The zero-order valence-electron chi connectivity index (χ0n) is 9.52. The lowest BCUT2D eigenvalue weighted by Crippen LogP contribution is -2.30. The lowest BCUT2D eigenvalue weighted by atomic mass is 10.2. The Morgan fingerprint density at radius 2 is 1.88 bits per heavy atom. The minimum absolute atomic E-state index is 0.268. The van der Waals surface area contributed by atoms with Crippen molar-refractivity contribution in [2.24, 2.45) is 0 Å². The predicted octanol–water partition coefficient (Wildman–Crippen LogP) is 3.05. The molecular formula is C12H14O2S2. The minimum atomic E-state index is -0.651. The van der Waals surface area contributed by atoms with Crippen LogP contribution in [0.15, 0.2) is 30.3 Å². The quantitative estimate of drug-likeness (QED) is 0.612. The summed E-state index contributed by atoms with van der Waals surface area (Å²) in [5, 5.41) is 0. The summed E-state index contributed by atoms with van der Waals surface area (Å²) in [7, 11) is 1.39. The van der Waals surface area contributed by atoms with Crippen molar-refractivity contribution < 1.29 is 9.53 Å². The van der Waals surface area contributed by atoms with Crippen molar-refractivity contribution in [1.29, 1.82) is 0 Å². The van der Waals surface area contributed by atoms with Gasteiger partial charge in [-0.25, -0.2) is 0 Å². The number of ether oxygens (including phenoxy) is 1. The van der Waals surface area contributed by atoms with Crippen molar-refractivity contribution in [3.05, 3.63) is 35.9 Å². The van der Waals surface area contributed by atoms with Crippen LogP contribution in [0.5, 0.6) is 0 Å². The highest BCUT2D eigenvalue weighted by Crippen LogP contribution is 2.29. The number of thioether (sulfide) groups is 1. The zero-order chi connectivity index (χ0) is 12.2. The number of hydrogen-bond donors (Lipinski definition) is 0. The monoisotopic (exact) mass is 254 g/mol. The van der Waals surface area contributed by atoms with Gasteiger partial charge in [-0.3, -0.25) is 4.79 Å². The van der Waals surface area contributed by atoms with Crippen LogP contribution in [-0.4, -0.2) is 22.0 Å². The molecule has 0 saturated carbocycles. The molecule has 0 unspecified atom stereocenters. The van der Waals surface area contributed by atoms with Crippen LogP contribution in [-0.2, 0) is 9.53 Å². The van der Waals surface area contributed by atoms with Gasteiger partial charge in [0.25, 0.3) is 0 Å². The molecule has 16 heavy (non-hydrogen) atoms. The molecule has 0 aliphatic carbocycles. The highest BCUT2D eigenvalue weighted by atomic mass is 32.2. The van der Waals surface area contributed by atoms with Crippen LogP contribution in [0.4, 0.5) is 0 Å². The highest BCUT2D eigenvalue weighted by Gasteiger charge is 2.31. The largest absolute Gasteiger partial charge is 0.468 e. The van der Waals surface area contributed by atoms with E-state index in [1.807, 2.05) is 30.3 Å². The Hall–Kier alpha value is -0.870. The second-order valence-corrected chi connectivity index (χ2v) is 6.06. The molecule has 0 radical (unpaired) electrons. The van der Waals surface area contributed by atoms with Crippen molar-refractivity contribution in [3.8, 4) is 0 Å². The van der Waals surface area contributed by atoms with Crippen LogP contribution in [0.25, 0.3) is 0 Å². The van der Waals surface area contributed by atoms with Crippen LogP contribution >= 0.6 is 24.0 Å². The van der Waals surface area contributed by atoms with Gasteiger partial charge in [0.05, 0.1) is 11.3 Å². The summed E-state index contributed by atoms with van der Waals surface area (Å²) in [6, 6.07) is 9.65. The van der Waals surface area contributed by atoms with E-state index in [1.165, 1.54) is 18.9 Å². The van der Waals surface area contributed by atoms with Gasteiger partial charge in [-0.2, -0.15) is 0 Å². The first-order valence-corrected chi connectivity index (χ1v) is 6.06. The first kappa shape index (κ1) is 13.2. The third kappa shape index (κ3) is 3.32. The van der Waals surface area contributed by atoms with Crippen LogP contribution in [0.1, 0.15) is 19.4 Å². The van der Waals surface area contributed by atoms with Gasteiger partial charge < -0.3 is 4.74 Å². The summed E-state index contributed by atoms with van der Waals surface area (Å²) in [5.41, 5.74) is 0.958. The van der Waals surface area contributed by atoms with Gasteiger partial charge >= 0.3 is 5.97 Å². The fourth-order valence-corrected chi connectivity index (χ4v) is 2.80. The summed E-state index contributed by atoms with van der Waals surface area (Å²) >= 11 is 6.64. The minimum Gasteiger partial charge on any atom is -0.468 e. The standard InChI is InChI=1S/C12H14O2S2/c1-12(2,11(13)14-3)16-10(15)9-7-5-4-6-8-9/h4-8H,1-3H3. The van der Waals surface area contributed by atoms with Crippen molar-refractivity contribution in [3.63, 3.8) is 0 Å². The molecule has 1 aromatic rings. The summed E-state index contributed by atoms with van der Waals surface area (Å²) in [5.74, 6) is -0.268. The molecule has 2 nitrogen and oxygen atoms in total. The molecule has 0 aliphatic rings. The second kappa shape index (κ2) is 5.46. The molecule has 0 bridgehead atoms. The third-order valence-electron chi connectivity index (χ3n) is 2.03. The number of thiocarbonyl (C=S) groups is 1. The maximum atomic E-state index is 11.5. The number of rotatable bonds is 3. The number of hydrogen-bond acceptors (Lipinski definition) is 4. The fourth-order valence-electron chi connectivity index (χ4n) is 1.15. The average Bonchev–Trinajstić information content (AvgIpc) is 2.28. The predicted molar refractivity (Wildman–Crippen MR) is 71.8 cm³/mol. The first-order chi connectivity index (χ1) is 7.47. The van der Waals surface area contributed by atoms with E-state index in [1.54, 1.807) is 13.8 Å². The molecule has 1 rings (SSSR count). The smallest absolute Gasteiger partial charge is 0.321 e. The SMILES string of the molecule is COC(=O)C(C)(C)SC(=S)c1ccccc1. The van der Waals surface area contributed by atoms with Gasteiger partial charge in [0.15, 0.2) is 0 Å². The molecule has 0 atom stereocenters. The number of methoxy groups -OCH3 is 1. The van der Waals surface area contributed by atoms with Gasteiger partial charge in [-0.15, -0.1) is 0 Å². The molecule has 86 valence electrons. The van der Waals surface area contributed by atoms with E-state index in [4.69, 9.17) is 17.0 Å². The molecule has 0 fully saturated rings. The first-order valence-electron chi connectivity index (χ1n) is 4.84. The highest BCUT2D eigenvalue weighted by molar-refractivity contribution is 8.24. The maximum absolute atomic E-state index is 11.5. The van der Waals surface area contributed by atoms with Crippen molar-refractivity contribution in [1.82, 2.24) is 0 Å². The topological polar surface area (TPSA) is 26.3 Å². The number of benzene rings is 1. The van der Waals surface area contributed by atoms with Crippen LogP contribution in [0, 0.1) is 0 Å². The van der Waals surface area contributed by atoms with Crippen molar-refractivity contribution in [2.75, 3.05) is 7.11 Å².